The average Bonchev–Trinajstić information content (AvgIpc) is 2.34. The predicted octanol–water partition coefficient (Wildman–Crippen LogP) is 3.26. The highest BCUT2D eigenvalue weighted by atomic mass is 35.5. The molecule has 0 radical (unpaired) electrons. The van der Waals surface area contributed by atoms with Crippen LogP contribution < -0.4 is 5.32 Å². The van der Waals surface area contributed by atoms with E-state index < -0.39 is 0 Å². The van der Waals surface area contributed by atoms with Gasteiger partial charge in [0.05, 0.1) is 5.69 Å². The van der Waals surface area contributed by atoms with Crippen LogP contribution in [-0.4, -0.2) is 12.0 Å². The zero-order valence-corrected chi connectivity index (χ0v) is 10.1. The lowest BCUT2D eigenvalue weighted by atomic mass is 10.1. The molecule has 17 heavy (non-hydrogen) atoms. The summed E-state index contributed by atoms with van der Waals surface area (Å²) < 4.78 is 13.6. The number of nitrogens with zero attached hydrogens (tertiary/aromatic N) is 1. The Morgan fingerprint density at radius 1 is 1.29 bits per heavy atom. The molecule has 1 aromatic carbocycles. The van der Waals surface area contributed by atoms with Crippen LogP contribution >= 0.6 is 11.6 Å². The summed E-state index contributed by atoms with van der Waals surface area (Å²) in [5.74, 6) is -0.316. The Morgan fingerprint density at radius 2 is 2.12 bits per heavy atom. The maximum absolute atomic E-state index is 13.6. The minimum absolute atomic E-state index is 0.316. The summed E-state index contributed by atoms with van der Waals surface area (Å²) in [7, 11) is 1.87. The van der Waals surface area contributed by atoms with Gasteiger partial charge >= 0.3 is 0 Å². The molecule has 1 N–H and O–H groups in total. The van der Waals surface area contributed by atoms with Gasteiger partial charge < -0.3 is 5.32 Å². The van der Waals surface area contributed by atoms with E-state index in [2.05, 4.69) is 10.3 Å². The maximum Gasteiger partial charge on any atom is 0.132 e. The molecule has 0 aliphatic rings. The molecule has 0 atom stereocenters. The minimum Gasteiger partial charge on any atom is -0.316 e. The molecule has 88 valence electrons. The molecular formula is C13H12ClFN2. The molecular weight excluding hydrogens is 239 g/mol. The van der Waals surface area contributed by atoms with Crippen molar-refractivity contribution < 1.29 is 4.39 Å². The van der Waals surface area contributed by atoms with Gasteiger partial charge in [0.1, 0.15) is 5.82 Å². The second-order valence-electron chi connectivity index (χ2n) is 3.71. The Kier molecular flexibility index (Phi) is 3.71. The first kappa shape index (κ1) is 12.0. The molecule has 0 unspecified atom stereocenters. The summed E-state index contributed by atoms with van der Waals surface area (Å²) in [6, 6.07) is 8.16. The third kappa shape index (κ3) is 2.81. The van der Waals surface area contributed by atoms with Crippen LogP contribution in [-0.2, 0) is 6.54 Å². The molecule has 0 aliphatic carbocycles. The summed E-state index contributed by atoms with van der Waals surface area (Å²) in [4.78, 5) is 4.23. The van der Waals surface area contributed by atoms with E-state index >= 15 is 0 Å². The normalized spacial score (nSPS) is 10.5. The number of hydrogen-bond donors (Lipinski definition) is 1. The van der Waals surface area contributed by atoms with Gasteiger partial charge in [-0.05, 0) is 36.9 Å². The first-order valence-electron chi connectivity index (χ1n) is 5.25. The second kappa shape index (κ2) is 5.25. The molecule has 0 fully saturated rings. The van der Waals surface area contributed by atoms with E-state index in [-0.39, 0.29) is 5.82 Å². The first-order chi connectivity index (χ1) is 8.20. The summed E-state index contributed by atoms with van der Waals surface area (Å²) in [5, 5.41) is 3.53. The number of halogens is 2. The van der Waals surface area contributed by atoms with Crippen LogP contribution in [0.4, 0.5) is 4.39 Å². The summed E-state index contributed by atoms with van der Waals surface area (Å²) in [6.45, 7) is 0.741. The van der Waals surface area contributed by atoms with Crippen LogP contribution in [0.25, 0.3) is 11.3 Å². The highest BCUT2D eigenvalue weighted by Gasteiger charge is 2.06. The predicted molar refractivity (Wildman–Crippen MR) is 67.4 cm³/mol. The first-order valence-corrected chi connectivity index (χ1v) is 5.63. The van der Waals surface area contributed by atoms with Crippen molar-refractivity contribution >= 4 is 11.6 Å². The number of nitrogens with one attached hydrogen (secondary N) is 1. The Bertz CT molecular complexity index is 511. The molecule has 2 rings (SSSR count). The van der Waals surface area contributed by atoms with Gasteiger partial charge in [-0.2, -0.15) is 0 Å². The van der Waals surface area contributed by atoms with Crippen molar-refractivity contribution in [3.63, 3.8) is 0 Å². The van der Waals surface area contributed by atoms with E-state index in [0.717, 1.165) is 12.1 Å². The number of pyridine rings is 1. The van der Waals surface area contributed by atoms with Gasteiger partial charge in [0, 0.05) is 23.3 Å². The van der Waals surface area contributed by atoms with Gasteiger partial charge in [-0.15, -0.1) is 0 Å². The van der Waals surface area contributed by atoms with E-state index in [1.807, 2.05) is 13.1 Å². The van der Waals surface area contributed by atoms with Crippen molar-refractivity contribution in [1.29, 1.82) is 0 Å². The quantitative estimate of drug-likeness (QED) is 0.905. The smallest absolute Gasteiger partial charge is 0.132 e. The molecule has 0 aliphatic heterocycles. The number of benzene rings is 1. The molecule has 1 heterocycles. The van der Waals surface area contributed by atoms with Crippen molar-refractivity contribution in [2.75, 3.05) is 7.05 Å². The standard InChI is InChI=1S/C13H12ClFN2/c1-16-7-9-2-5-13(17-8-9)11-6-10(14)3-4-12(11)15/h2-6,8,16H,7H2,1H3. The van der Waals surface area contributed by atoms with E-state index in [1.165, 1.54) is 12.1 Å². The van der Waals surface area contributed by atoms with Crippen molar-refractivity contribution in [2.45, 2.75) is 6.54 Å². The summed E-state index contributed by atoms with van der Waals surface area (Å²) in [6.07, 6.45) is 1.73. The fourth-order valence-corrected chi connectivity index (χ4v) is 1.76. The second-order valence-corrected chi connectivity index (χ2v) is 4.14. The molecule has 2 aromatic rings. The third-order valence-corrected chi connectivity index (χ3v) is 2.65. The highest BCUT2D eigenvalue weighted by Crippen LogP contribution is 2.24. The van der Waals surface area contributed by atoms with E-state index in [1.54, 1.807) is 18.3 Å². The van der Waals surface area contributed by atoms with Crippen LogP contribution in [0.2, 0.25) is 5.02 Å². The Morgan fingerprint density at radius 3 is 2.76 bits per heavy atom. The van der Waals surface area contributed by atoms with Crippen molar-refractivity contribution in [1.82, 2.24) is 10.3 Å². The van der Waals surface area contributed by atoms with E-state index in [4.69, 9.17) is 11.6 Å². The molecule has 1 aromatic heterocycles. The molecule has 0 saturated heterocycles. The highest BCUT2D eigenvalue weighted by molar-refractivity contribution is 6.30. The van der Waals surface area contributed by atoms with E-state index in [9.17, 15) is 4.39 Å². The van der Waals surface area contributed by atoms with Crippen LogP contribution in [0.15, 0.2) is 36.5 Å². The fourth-order valence-electron chi connectivity index (χ4n) is 1.59. The molecule has 0 bridgehead atoms. The Hall–Kier alpha value is -1.45. The van der Waals surface area contributed by atoms with E-state index in [0.29, 0.717) is 16.3 Å². The van der Waals surface area contributed by atoms with Gasteiger partial charge in [-0.3, -0.25) is 4.98 Å². The van der Waals surface area contributed by atoms with Crippen LogP contribution in [0.3, 0.4) is 0 Å². The van der Waals surface area contributed by atoms with Crippen LogP contribution in [0.5, 0.6) is 0 Å². The largest absolute Gasteiger partial charge is 0.316 e. The molecule has 4 heteroatoms. The van der Waals surface area contributed by atoms with Gasteiger partial charge in [0.2, 0.25) is 0 Å². The minimum atomic E-state index is -0.316. The molecule has 2 nitrogen and oxygen atoms in total. The number of hydrogen-bond acceptors (Lipinski definition) is 2. The zero-order chi connectivity index (χ0) is 12.3. The van der Waals surface area contributed by atoms with Crippen molar-refractivity contribution in [3.05, 3.63) is 52.9 Å². The SMILES string of the molecule is CNCc1ccc(-c2cc(Cl)ccc2F)nc1. The summed E-state index contributed by atoms with van der Waals surface area (Å²) >= 11 is 5.84. The van der Waals surface area contributed by atoms with Gasteiger partial charge in [-0.1, -0.05) is 17.7 Å². The van der Waals surface area contributed by atoms with Crippen LogP contribution in [0.1, 0.15) is 5.56 Å². The zero-order valence-electron chi connectivity index (χ0n) is 9.37. The lowest BCUT2D eigenvalue weighted by Gasteiger charge is -2.05. The monoisotopic (exact) mass is 250 g/mol. The van der Waals surface area contributed by atoms with Gasteiger partial charge in [0.15, 0.2) is 0 Å². The molecule has 0 spiro atoms. The Balaban J connectivity index is 2.36. The lowest BCUT2D eigenvalue weighted by molar-refractivity contribution is 0.630. The Labute approximate surface area is 104 Å². The molecule has 0 saturated carbocycles. The summed E-state index contributed by atoms with van der Waals surface area (Å²) in [5.41, 5.74) is 2.07. The van der Waals surface area contributed by atoms with Gasteiger partial charge in [-0.25, -0.2) is 4.39 Å². The van der Waals surface area contributed by atoms with Crippen LogP contribution in [0, 0.1) is 5.82 Å². The maximum atomic E-state index is 13.6. The fraction of sp³-hybridized carbons (Fsp3) is 0.154. The lowest BCUT2D eigenvalue weighted by Crippen LogP contribution is -2.05. The average molecular weight is 251 g/mol. The number of rotatable bonds is 3. The van der Waals surface area contributed by atoms with Gasteiger partial charge in [0.25, 0.3) is 0 Å². The van der Waals surface area contributed by atoms with Crippen molar-refractivity contribution in [3.8, 4) is 11.3 Å². The third-order valence-electron chi connectivity index (χ3n) is 2.41. The van der Waals surface area contributed by atoms with Crippen molar-refractivity contribution in [2.24, 2.45) is 0 Å². The molecule has 0 amide bonds. The number of aromatic nitrogens is 1. The topological polar surface area (TPSA) is 24.9 Å².